The Morgan fingerprint density at radius 2 is 1.47 bits per heavy atom. The second-order valence-electron chi connectivity index (χ2n) is 7.28. The fourth-order valence-corrected chi connectivity index (χ4v) is 3.61. The van der Waals surface area contributed by atoms with Gasteiger partial charge >= 0.3 is 5.97 Å². The number of pyridine rings is 1. The average molecular weight is 459 g/mol. The lowest BCUT2D eigenvalue weighted by Crippen LogP contribution is -2.13. The number of hydrogen-bond donors (Lipinski definition) is 0. The van der Waals surface area contributed by atoms with Crippen LogP contribution < -0.4 is 18.9 Å². The van der Waals surface area contributed by atoms with E-state index in [9.17, 15) is 4.79 Å². The third kappa shape index (κ3) is 4.88. The summed E-state index contributed by atoms with van der Waals surface area (Å²) < 4.78 is 27.5. The topological polar surface area (TPSA) is 76.1 Å². The van der Waals surface area contributed by atoms with Crippen molar-refractivity contribution in [3.05, 3.63) is 78.4 Å². The van der Waals surface area contributed by atoms with E-state index in [4.69, 9.17) is 28.7 Å². The lowest BCUT2D eigenvalue weighted by atomic mass is 10.0. The second-order valence-corrected chi connectivity index (χ2v) is 7.28. The van der Waals surface area contributed by atoms with Crippen LogP contribution in [0.4, 0.5) is 0 Å². The Balaban J connectivity index is 1.64. The monoisotopic (exact) mass is 459 g/mol. The molecular formula is C27H25NO6. The Morgan fingerprint density at radius 1 is 0.794 bits per heavy atom. The summed E-state index contributed by atoms with van der Waals surface area (Å²) in [4.78, 5) is 17.8. The van der Waals surface area contributed by atoms with Gasteiger partial charge in [-0.15, -0.1) is 0 Å². The number of para-hydroxylation sites is 2. The van der Waals surface area contributed by atoms with E-state index in [0.29, 0.717) is 45.0 Å². The lowest BCUT2D eigenvalue weighted by Gasteiger charge is -2.15. The summed E-state index contributed by atoms with van der Waals surface area (Å²) in [6, 6.07) is 22.1. The molecule has 0 amide bonds. The molecule has 4 aromatic rings. The zero-order chi connectivity index (χ0) is 23.9. The Labute approximate surface area is 197 Å². The van der Waals surface area contributed by atoms with Crippen molar-refractivity contribution in [1.82, 2.24) is 4.98 Å². The molecule has 0 radical (unpaired) electrons. The molecule has 0 unspecified atom stereocenters. The number of methoxy groups -OCH3 is 3. The molecule has 0 aliphatic rings. The molecule has 0 aliphatic carbocycles. The molecule has 0 aliphatic heterocycles. The standard InChI is InChI=1S/C27H25NO6/c1-30-24-15-18(16-25(31-2)26(24)32-3)23-17-21(20-11-7-8-12-22(20)28-23)27(29)34-14-13-33-19-9-5-4-6-10-19/h4-12,15-17H,13-14H2,1-3H3. The molecule has 0 atom stereocenters. The van der Waals surface area contributed by atoms with E-state index in [2.05, 4.69) is 0 Å². The van der Waals surface area contributed by atoms with Crippen LogP contribution >= 0.6 is 0 Å². The zero-order valence-corrected chi connectivity index (χ0v) is 19.2. The number of hydrogen-bond acceptors (Lipinski definition) is 7. The largest absolute Gasteiger partial charge is 0.493 e. The van der Waals surface area contributed by atoms with Crippen molar-refractivity contribution in [2.24, 2.45) is 0 Å². The SMILES string of the molecule is COc1cc(-c2cc(C(=O)OCCOc3ccccc3)c3ccccc3n2)cc(OC)c1OC. The molecule has 174 valence electrons. The number of benzene rings is 3. The number of rotatable bonds is 9. The zero-order valence-electron chi connectivity index (χ0n) is 19.2. The summed E-state index contributed by atoms with van der Waals surface area (Å²) in [6.07, 6.45) is 0. The van der Waals surface area contributed by atoms with E-state index >= 15 is 0 Å². The van der Waals surface area contributed by atoms with Gasteiger partial charge in [0.15, 0.2) is 11.5 Å². The third-order valence-electron chi connectivity index (χ3n) is 5.23. The van der Waals surface area contributed by atoms with Crippen molar-refractivity contribution in [3.8, 4) is 34.3 Å². The lowest BCUT2D eigenvalue weighted by molar-refractivity contribution is 0.0452. The van der Waals surface area contributed by atoms with Gasteiger partial charge in [-0.25, -0.2) is 9.78 Å². The maximum absolute atomic E-state index is 13.0. The minimum atomic E-state index is -0.455. The number of esters is 1. The number of carbonyl (C=O) groups is 1. The first kappa shape index (κ1) is 22.9. The molecule has 0 saturated heterocycles. The van der Waals surface area contributed by atoms with Crippen LogP contribution in [0.3, 0.4) is 0 Å². The fraction of sp³-hybridized carbons (Fsp3) is 0.185. The summed E-state index contributed by atoms with van der Waals surface area (Å²) in [6.45, 7) is 0.363. The number of fused-ring (bicyclic) bond motifs is 1. The Kier molecular flexibility index (Phi) is 7.13. The normalized spacial score (nSPS) is 10.6. The van der Waals surface area contributed by atoms with Crippen molar-refractivity contribution in [1.29, 1.82) is 0 Å². The summed E-state index contributed by atoms with van der Waals surface area (Å²) in [5.41, 5.74) is 2.36. The van der Waals surface area contributed by atoms with Gasteiger partial charge in [0, 0.05) is 10.9 Å². The summed E-state index contributed by atoms with van der Waals surface area (Å²) >= 11 is 0. The molecule has 0 N–H and O–H groups in total. The summed E-state index contributed by atoms with van der Waals surface area (Å²) in [7, 11) is 4.65. The van der Waals surface area contributed by atoms with Gasteiger partial charge in [-0.2, -0.15) is 0 Å². The van der Waals surface area contributed by atoms with E-state index in [1.54, 1.807) is 39.5 Å². The van der Waals surface area contributed by atoms with E-state index < -0.39 is 5.97 Å². The van der Waals surface area contributed by atoms with Crippen LogP contribution in [-0.4, -0.2) is 45.5 Å². The van der Waals surface area contributed by atoms with Gasteiger partial charge in [-0.05, 0) is 36.4 Å². The van der Waals surface area contributed by atoms with Crippen LogP contribution in [0.5, 0.6) is 23.0 Å². The highest BCUT2D eigenvalue weighted by molar-refractivity contribution is 6.04. The van der Waals surface area contributed by atoms with Crippen molar-refractivity contribution in [2.45, 2.75) is 0 Å². The van der Waals surface area contributed by atoms with Gasteiger partial charge < -0.3 is 23.7 Å². The van der Waals surface area contributed by atoms with Crippen molar-refractivity contribution in [2.75, 3.05) is 34.5 Å². The first-order valence-electron chi connectivity index (χ1n) is 10.7. The number of carbonyl (C=O) groups excluding carboxylic acids is 1. The molecule has 34 heavy (non-hydrogen) atoms. The Bertz CT molecular complexity index is 1260. The first-order chi connectivity index (χ1) is 16.6. The predicted molar refractivity (Wildman–Crippen MR) is 129 cm³/mol. The molecule has 1 heterocycles. The van der Waals surface area contributed by atoms with E-state index in [0.717, 1.165) is 5.75 Å². The Hall–Kier alpha value is -4.26. The van der Waals surface area contributed by atoms with E-state index in [1.165, 1.54) is 0 Å². The molecule has 3 aromatic carbocycles. The van der Waals surface area contributed by atoms with Gasteiger partial charge in [0.25, 0.3) is 0 Å². The molecule has 0 spiro atoms. The second kappa shape index (κ2) is 10.6. The van der Waals surface area contributed by atoms with Gasteiger partial charge in [0.05, 0.1) is 38.1 Å². The smallest absolute Gasteiger partial charge is 0.339 e. The molecular weight excluding hydrogens is 434 g/mol. The molecule has 7 nitrogen and oxygen atoms in total. The summed E-state index contributed by atoms with van der Waals surface area (Å²) in [5, 5.41) is 0.702. The summed E-state index contributed by atoms with van der Waals surface area (Å²) in [5.74, 6) is 1.73. The number of ether oxygens (including phenoxy) is 5. The highest BCUT2D eigenvalue weighted by Crippen LogP contribution is 2.41. The van der Waals surface area contributed by atoms with Crippen LogP contribution in [0.25, 0.3) is 22.2 Å². The van der Waals surface area contributed by atoms with Crippen LogP contribution in [0, 0.1) is 0 Å². The van der Waals surface area contributed by atoms with Gasteiger partial charge in [0.2, 0.25) is 5.75 Å². The predicted octanol–water partition coefficient (Wildman–Crippen LogP) is 5.16. The van der Waals surface area contributed by atoms with Gasteiger partial charge in [-0.3, -0.25) is 0 Å². The quantitative estimate of drug-likeness (QED) is 0.253. The van der Waals surface area contributed by atoms with Crippen molar-refractivity contribution >= 4 is 16.9 Å². The van der Waals surface area contributed by atoms with Gasteiger partial charge in [0.1, 0.15) is 19.0 Å². The third-order valence-corrected chi connectivity index (χ3v) is 5.23. The minimum absolute atomic E-state index is 0.115. The highest BCUT2D eigenvalue weighted by Gasteiger charge is 2.19. The van der Waals surface area contributed by atoms with Crippen LogP contribution in [0.15, 0.2) is 72.8 Å². The first-order valence-corrected chi connectivity index (χ1v) is 10.7. The van der Waals surface area contributed by atoms with E-state index in [1.807, 2.05) is 54.6 Å². The fourth-order valence-electron chi connectivity index (χ4n) is 3.61. The maximum Gasteiger partial charge on any atom is 0.339 e. The van der Waals surface area contributed by atoms with Crippen molar-refractivity contribution < 1.29 is 28.5 Å². The molecule has 0 fully saturated rings. The van der Waals surface area contributed by atoms with E-state index in [-0.39, 0.29) is 13.2 Å². The molecule has 1 aromatic heterocycles. The molecule has 7 heteroatoms. The number of aromatic nitrogens is 1. The minimum Gasteiger partial charge on any atom is -0.493 e. The number of nitrogens with zero attached hydrogens (tertiary/aromatic N) is 1. The Morgan fingerprint density at radius 3 is 2.15 bits per heavy atom. The molecule has 0 saturated carbocycles. The van der Waals surface area contributed by atoms with Gasteiger partial charge in [-0.1, -0.05) is 36.4 Å². The molecule has 0 bridgehead atoms. The van der Waals surface area contributed by atoms with Crippen LogP contribution in [0.1, 0.15) is 10.4 Å². The van der Waals surface area contributed by atoms with Crippen molar-refractivity contribution in [3.63, 3.8) is 0 Å². The van der Waals surface area contributed by atoms with Crippen LogP contribution in [-0.2, 0) is 4.74 Å². The maximum atomic E-state index is 13.0. The highest BCUT2D eigenvalue weighted by atomic mass is 16.6. The molecule has 4 rings (SSSR count). The van der Waals surface area contributed by atoms with Crippen LogP contribution in [0.2, 0.25) is 0 Å². The average Bonchev–Trinajstić information content (AvgIpc) is 2.89.